The van der Waals surface area contributed by atoms with E-state index in [1.807, 2.05) is 0 Å². The Morgan fingerprint density at radius 3 is 2.59 bits per heavy atom. The predicted octanol–water partition coefficient (Wildman–Crippen LogP) is 3.35. The van der Waals surface area contributed by atoms with Crippen molar-refractivity contribution in [2.45, 2.75) is 82.3 Å². The van der Waals surface area contributed by atoms with Gasteiger partial charge in [0, 0.05) is 6.04 Å². The van der Waals surface area contributed by atoms with Crippen molar-refractivity contribution in [3.8, 4) is 5.75 Å². The highest BCUT2D eigenvalue weighted by molar-refractivity contribution is 7.52. The van der Waals surface area contributed by atoms with E-state index >= 15 is 4.39 Å². The van der Waals surface area contributed by atoms with Crippen LogP contribution in [0.2, 0.25) is 0 Å². The molecule has 0 bridgehead atoms. The lowest BCUT2D eigenvalue weighted by molar-refractivity contribution is -0.149. The van der Waals surface area contributed by atoms with Crippen LogP contribution >= 0.6 is 7.75 Å². The van der Waals surface area contributed by atoms with E-state index in [4.69, 9.17) is 24.3 Å². The molecular weight excluding hydrogens is 610 g/mol. The van der Waals surface area contributed by atoms with Gasteiger partial charge in [-0.25, -0.2) is 22.7 Å². The molecule has 2 aromatic heterocycles. The summed E-state index contributed by atoms with van der Waals surface area (Å²) in [5, 5.41) is 16.4. The molecule has 6 atom stereocenters. The molecule has 1 saturated heterocycles. The van der Waals surface area contributed by atoms with Gasteiger partial charge in [0.1, 0.15) is 24.0 Å². The average Bonchev–Trinajstić information content (AvgIpc) is 3.61. The highest BCUT2D eigenvalue weighted by Gasteiger charge is 2.64. The topological polar surface area (TPSA) is 185 Å². The van der Waals surface area contributed by atoms with Crippen molar-refractivity contribution in [1.82, 2.24) is 24.6 Å². The zero-order valence-electron chi connectivity index (χ0n) is 24.0. The van der Waals surface area contributed by atoms with Gasteiger partial charge >= 0.3 is 13.7 Å². The molecule has 44 heavy (non-hydrogen) atoms. The third kappa shape index (κ3) is 6.61. The normalized spacial score (nSPS) is 25.7. The number of hydrogen-bond acceptors (Lipinski definition) is 12. The Morgan fingerprint density at radius 1 is 1.25 bits per heavy atom. The van der Waals surface area contributed by atoms with E-state index in [9.17, 15) is 23.2 Å². The Hall–Kier alpha value is -3.50. The fraction of sp³-hybridized carbons (Fsp3) is 0.538. The van der Waals surface area contributed by atoms with E-state index in [2.05, 4.69) is 25.4 Å². The number of carbonyl (C=O) groups excluding carboxylic acids is 1. The van der Waals surface area contributed by atoms with Gasteiger partial charge in [-0.2, -0.15) is 15.1 Å². The molecular formula is C26H33F3N7O7P. The molecule has 3 aromatic rings. The number of para-hydroxylation sites is 1. The zero-order valence-corrected chi connectivity index (χ0v) is 24.9. The quantitative estimate of drug-likeness (QED) is 0.157. The maximum absolute atomic E-state index is 16.2. The number of ether oxygens (including phenoxy) is 2. The number of esters is 1. The van der Waals surface area contributed by atoms with Crippen molar-refractivity contribution in [2.75, 3.05) is 17.7 Å². The number of aromatic nitrogens is 4. The smallest absolute Gasteiger partial charge is 0.459 e. The van der Waals surface area contributed by atoms with Crippen molar-refractivity contribution in [3.63, 3.8) is 0 Å². The van der Waals surface area contributed by atoms with Crippen LogP contribution < -0.4 is 20.7 Å². The molecule has 14 nitrogen and oxygen atoms in total. The Balaban J connectivity index is 1.41. The Kier molecular flexibility index (Phi) is 9.05. The summed E-state index contributed by atoms with van der Waals surface area (Å²) < 4.78 is 81.3. The first kappa shape index (κ1) is 31.9. The molecule has 3 heterocycles. The number of anilines is 2. The van der Waals surface area contributed by atoms with Crippen LogP contribution in [0, 0.1) is 0 Å². The lowest BCUT2D eigenvalue weighted by Crippen LogP contribution is -2.49. The highest BCUT2D eigenvalue weighted by Crippen LogP contribution is 2.50. The Bertz CT molecular complexity index is 1530. The minimum atomic E-state index is -4.50. The molecule has 1 aliphatic carbocycles. The second-order valence-electron chi connectivity index (χ2n) is 10.8. The number of nitrogens with one attached hydrogen (secondary N) is 2. The second kappa shape index (κ2) is 12.5. The van der Waals surface area contributed by atoms with Crippen LogP contribution in [-0.2, 0) is 23.4 Å². The van der Waals surface area contributed by atoms with Crippen molar-refractivity contribution >= 4 is 36.6 Å². The number of fused-ring (bicyclic) bond motifs is 1. The summed E-state index contributed by atoms with van der Waals surface area (Å²) in [4.78, 5) is 24.7. The number of aliphatic hydroxyl groups excluding tert-OH is 1. The molecule has 0 radical (unpaired) electrons. The number of aliphatic hydroxyl groups is 1. The number of nitrogen functional groups attached to an aromatic ring is 1. The molecule has 2 aliphatic rings. The summed E-state index contributed by atoms with van der Waals surface area (Å²) in [5.41, 5.74) is 2.17. The van der Waals surface area contributed by atoms with Crippen molar-refractivity contribution in [2.24, 2.45) is 0 Å². The molecule has 240 valence electrons. The summed E-state index contributed by atoms with van der Waals surface area (Å²) in [7, 11) is -4.50. The number of imidazole rings is 1. The maximum Gasteiger partial charge on any atom is 0.459 e. The molecule has 0 amide bonds. The van der Waals surface area contributed by atoms with Crippen molar-refractivity contribution < 1.29 is 46.2 Å². The lowest BCUT2D eigenvalue weighted by atomic mass is 9.96. The summed E-state index contributed by atoms with van der Waals surface area (Å²) in [6.45, 7) is 3.70. The summed E-state index contributed by atoms with van der Waals surface area (Å²) in [6.07, 6.45) is -7.83. The molecule has 5 N–H and O–H groups in total. The van der Waals surface area contributed by atoms with Crippen molar-refractivity contribution in [1.29, 1.82) is 0 Å². The Labute approximate surface area is 250 Å². The largest absolute Gasteiger partial charge is 0.462 e. The number of nitrogens with zero attached hydrogens (tertiary/aromatic N) is 4. The number of hydrogen-bond donors (Lipinski definition) is 4. The van der Waals surface area contributed by atoms with Crippen LogP contribution in [0.1, 0.15) is 39.8 Å². The van der Waals surface area contributed by atoms with Crippen LogP contribution in [-0.4, -0.2) is 79.7 Å². The minimum absolute atomic E-state index is 0.0729. The molecule has 1 unspecified atom stereocenters. The summed E-state index contributed by atoms with van der Waals surface area (Å²) in [5.74, 6) is -0.688. The summed E-state index contributed by atoms with van der Waals surface area (Å²) in [6, 6.07) is 6.67. The summed E-state index contributed by atoms with van der Waals surface area (Å²) >= 11 is 0. The van der Waals surface area contributed by atoms with Gasteiger partial charge in [0.25, 0.3) is 6.43 Å². The molecule has 5 rings (SSSR count). The number of benzene rings is 1. The molecule has 1 aliphatic heterocycles. The van der Waals surface area contributed by atoms with Crippen LogP contribution in [0.3, 0.4) is 0 Å². The van der Waals surface area contributed by atoms with Crippen LogP contribution in [0.5, 0.6) is 5.75 Å². The first-order chi connectivity index (χ1) is 20.8. The number of rotatable bonds is 13. The first-order valence-electron chi connectivity index (χ1n) is 13.9. The van der Waals surface area contributed by atoms with Gasteiger partial charge in [-0.05, 0) is 45.7 Å². The predicted molar refractivity (Wildman–Crippen MR) is 151 cm³/mol. The number of nitrogens with two attached hydrogens (primary N) is 1. The van der Waals surface area contributed by atoms with E-state index in [-0.39, 0.29) is 34.7 Å². The van der Waals surface area contributed by atoms with Gasteiger partial charge in [0.2, 0.25) is 11.6 Å². The number of carbonyl (C=O) groups is 1. The van der Waals surface area contributed by atoms with Gasteiger partial charge < -0.3 is 30.2 Å². The monoisotopic (exact) mass is 643 g/mol. The third-order valence-corrected chi connectivity index (χ3v) is 8.51. The van der Waals surface area contributed by atoms with E-state index < -0.39 is 63.0 Å². The standard InChI is InChI=1S/C26H33F3N7O7P/c1-13(2)41-22(38)14(3)35-44(39,43-16-7-5-4-6-8-16)40-11-17-19(37)26(29,23(27)28)24(42-17)36-12-31-18-20(32-15-9-10-15)33-25(30)34-21(18)36/h4-8,12-15,17,19,23-24,37H,9-11H2,1-3H3,(H,35,39)(H3,30,32,33,34)/t14-,17-,19-,24-,26+,44?/m1/s1. The lowest BCUT2D eigenvalue weighted by Gasteiger charge is -2.28. The zero-order chi connectivity index (χ0) is 31.8. The maximum atomic E-state index is 16.2. The fourth-order valence-corrected chi connectivity index (χ4v) is 6.06. The second-order valence-corrected chi connectivity index (χ2v) is 12.5. The van der Waals surface area contributed by atoms with Crippen LogP contribution in [0.25, 0.3) is 11.2 Å². The number of alkyl halides is 3. The molecule has 1 aromatic carbocycles. The van der Waals surface area contributed by atoms with E-state index in [0.29, 0.717) is 0 Å². The molecule has 0 spiro atoms. The molecule has 18 heteroatoms. The first-order valence-corrected chi connectivity index (χ1v) is 15.4. The van der Waals surface area contributed by atoms with Gasteiger partial charge in [0.15, 0.2) is 23.2 Å². The Morgan fingerprint density at radius 2 is 1.95 bits per heavy atom. The number of halogens is 3. The van der Waals surface area contributed by atoms with Gasteiger partial charge in [-0.3, -0.25) is 13.9 Å². The van der Waals surface area contributed by atoms with E-state index in [0.717, 1.165) is 23.7 Å². The fourth-order valence-electron chi connectivity index (χ4n) is 4.55. The average molecular weight is 644 g/mol. The van der Waals surface area contributed by atoms with Crippen LogP contribution in [0.4, 0.5) is 24.9 Å². The van der Waals surface area contributed by atoms with Crippen molar-refractivity contribution in [3.05, 3.63) is 36.7 Å². The molecule has 2 fully saturated rings. The SMILES string of the molecule is CC(C)OC(=O)[C@@H](C)NP(=O)(OC[C@H]1O[C@@H](n2cnc3c(NC4CC4)nc(N)nc32)[C@@](F)(C(F)F)[C@@H]1O)Oc1ccccc1. The highest BCUT2D eigenvalue weighted by atomic mass is 31.2. The molecule has 1 saturated carbocycles. The minimum Gasteiger partial charge on any atom is -0.462 e. The van der Waals surface area contributed by atoms with Gasteiger partial charge in [0.05, 0.1) is 19.0 Å². The van der Waals surface area contributed by atoms with Gasteiger partial charge in [-0.15, -0.1) is 0 Å². The van der Waals surface area contributed by atoms with E-state index in [1.54, 1.807) is 32.0 Å². The van der Waals surface area contributed by atoms with E-state index in [1.165, 1.54) is 19.1 Å². The third-order valence-electron chi connectivity index (χ3n) is 6.87. The van der Waals surface area contributed by atoms with Gasteiger partial charge in [-0.1, -0.05) is 18.2 Å². The van der Waals surface area contributed by atoms with Crippen LogP contribution in [0.15, 0.2) is 36.7 Å².